The van der Waals surface area contributed by atoms with Crippen LogP contribution in [-0.2, 0) is 17.8 Å². The van der Waals surface area contributed by atoms with Crippen LogP contribution in [0.5, 0.6) is 0 Å². The molecular weight excluding hydrogens is 526 g/mol. The molecule has 1 unspecified atom stereocenters. The van der Waals surface area contributed by atoms with Crippen molar-refractivity contribution in [2.24, 2.45) is 10.9 Å². The fourth-order valence-corrected chi connectivity index (χ4v) is 6.74. The summed E-state index contributed by atoms with van der Waals surface area (Å²) >= 11 is 0. The Bertz CT molecular complexity index is 2120. The van der Waals surface area contributed by atoms with Crippen LogP contribution in [0.15, 0.2) is 120 Å². The maximum Gasteiger partial charge on any atom is 0.141 e. The summed E-state index contributed by atoms with van der Waals surface area (Å²) in [6.07, 6.45) is 11.9. The van der Waals surface area contributed by atoms with Gasteiger partial charge in [-0.15, -0.1) is 0 Å². The number of aliphatic imine (C=N–C) groups is 1. The summed E-state index contributed by atoms with van der Waals surface area (Å²) in [4.78, 5) is 7.90. The van der Waals surface area contributed by atoms with Crippen molar-refractivity contribution in [1.82, 2.24) is 9.55 Å². The summed E-state index contributed by atoms with van der Waals surface area (Å²) in [6, 6.07) is 30.8. The lowest BCUT2D eigenvalue weighted by Gasteiger charge is -2.17. The van der Waals surface area contributed by atoms with Crippen molar-refractivity contribution < 1.29 is 4.74 Å². The number of hydrogen-bond acceptors (Lipinski definition) is 2. The highest BCUT2D eigenvalue weighted by Crippen LogP contribution is 2.40. The summed E-state index contributed by atoms with van der Waals surface area (Å²) in [5.74, 6) is 1.29. The molecule has 2 heterocycles. The average molecular weight is 560 g/mol. The number of rotatable bonds is 6. The van der Waals surface area contributed by atoms with E-state index in [4.69, 9.17) is 4.74 Å². The Kier molecular flexibility index (Phi) is 6.15. The standard InChI is InChI=1S/C39H33N3O/c1-25-11-22-37(35(23-25)40-2)43-24-26-12-14-27(15-13-26)28-16-18-29(19-17-28)42-36-10-6-4-8-31(36)33-21-20-32-30-7-3-5-9-34(30)41-38(32)39(33)42/h3-5,7-9,12-23,25,41H,2,6,10-11,24H2,1H3. The SMILES string of the molecule is C=NC1=CC(C)CC=C1OCc1ccc(-c2ccc(-n3c4c(c5ccc6c7ccccc7[nH]c6c53)C=CCC4)cc2)cc1. The van der Waals surface area contributed by atoms with Crippen LogP contribution in [0.3, 0.4) is 0 Å². The van der Waals surface area contributed by atoms with Gasteiger partial charge in [0.05, 0.1) is 11.0 Å². The second-order valence-corrected chi connectivity index (χ2v) is 11.7. The quantitative estimate of drug-likeness (QED) is 0.203. The molecule has 8 rings (SSSR count). The third kappa shape index (κ3) is 4.33. The molecule has 0 saturated carbocycles. The molecule has 210 valence electrons. The van der Waals surface area contributed by atoms with Crippen LogP contribution in [-0.4, -0.2) is 16.3 Å². The van der Waals surface area contributed by atoms with Crippen molar-refractivity contribution in [2.45, 2.75) is 32.8 Å². The van der Waals surface area contributed by atoms with Gasteiger partial charge in [0.15, 0.2) is 0 Å². The summed E-state index contributed by atoms with van der Waals surface area (Å²) in [6.45, 7) is 6.39. The van der Waals surface area contributed by atoms with E-state index in [1.54, 1.807) is 0 Å². The largest absolute Gasteiger partial charge is 0.487 e. The molecule has 4 nitrogen and oxygen atoms in total. The first-order valence-electron chi connectivity index (χ1n) is 15.1. The number of aromatic amines is 1. The van der Waals surface area contributed by atoms with Crippen LogP contribution < -0.4 is 0 Å². The van der Waals surface area contributed by atoms with E-state index in [1.807, 2.05) is 0 Å². The van der Waals surface area contributed by atoms with E-state index >= 15 is 0 Å². The molecule has 0 aliphatic heterocycles. The van der Waals surface area contributed by atoms with Gasteiger partial charge in [-0.1, -0.05) is 91.9 Å². The van der Waals surface area contributed by atoms with Crippen LogP contribution >= 0.6 is 0 Å². The van der Waals surface area contributed by atoms with E-state index < -0.39 is 0 Å². The number of hydrogen-bond donors (Lipinski definition) is 1. The van der Waals surface area contributed by atoms with Gasteiger partial charge in [-0.25, -0.2) is 0 Å². The molecule has 43 heavy (non-hydrogen) atoms. The molecule has 0 bridgehead atoms. The fraction of sp³-hybridized carbons (Fsp3) is 0.154. The first-order valence-corrected chi connectivity index (χ1v) is 15.1. The third-order valence-electron chi connectivity index (χ3n) is 8.93. The smallest absolute Gasteiger partial charge is 0.141 e. The number of nitrogens with one attached hydrogen (secondary N) is 1. The number of H-pyrrole nitrogens is 1. The molecule has 2 aromatic heterocycles. The molecule has 0 fully saturated rings. The van der Waals surface area contributed by atoms with E-state index in [2.05, 4.69) is 137 Å². The van der Waals surface area contributed by atoms with Gasteiger partial charge in [-0.3, -0.25) is 4.99 Å². The second kappa shape index (κ2) is 10.3. The van der Waals surface area contributed by atoms with Gasteiger partial charge in [0.1, 0.15) is 18.1 Å². The number of nitrogens with zero attached hydrogens (tertiary/aromatic N) is 2. The molecule has 0 spiro atoms. The van der Waals surface area contributed by atoms with Crippen molar-refractivity contribution in [1.29, 1.82) is 0 Å². The van der Waals surface area contributed by atoms with Crippen molar-refractivity contribution in [2.75, 3.05) is 0 Å². The van der Waals surface area contributed by atoms with Gasteiger partial charge in [-0.05, 0) is 72.9 Å². The molecule has 4 aromatic carbocycles. The van der Waals surface area contributed by atoms with Crippen LogP contribution in [0.2, 0.25) is 0 Å². The zero-order valence-electron chi connectivity index (χ0n) is 24.3. The summed E-state index contributed by atoms with van der Waals surface area (Å²) in [7, 11) is 0. The summed E-state index contributed by atoms with van der Waals surface area (Å²) in [5.41, 5.74) is 11.9. The molecule has 0 saturated heterocycles. The fourth-order valence-electron chi connectivity index (χ4n) is 6.74. The lowest BCUT2D eigenvalue weighted by molar-refractivity contribution is 0.202. The Balaban J connectivity index is 1.12. The molecule has 2 aliphatic carbocycles. The highest BCUT2D eigenvalue weighted by atomic mass is 16.5. The van der Waals surface area contributed by atoms with Gasteiger partial charge < -0.3 is 14.3 Å². The molecule has 1 atom stereocenters. The molecule has 1 N–H and O–H groups in total. The number of allylic oxidation sites excluding steroid dienone is 3. The Morgan fingerprint density at radius 3 is 2.49 bits per heavy atom. The van der Waals surface area contributed by atoms with Gasteiger partial charge in [0.25, 0.3) is 0 Å². The number of aromatic nitrogens is 2. The maximum absolute atomic E-state index is 6.10. The minimum Gasteiger partial charge on any atom is -0.487 e. The lowest BCUT2D eigenvalue weighted by Crippen LogP contribution is -2.04. The van der Waals surface area contributed by atoms with Crippen LogP contribution in [0.25, 0.3) is 55.6 Å². The molecule has 2 aliphatic rings. The zero-order valence-corrected chi connectivity index (χ0v) is 24.3. The predicted molar refractivity (Wildman–Crippen MR) is 180 cm³/mol. The second-order valence-electron chi connectivity index (χ2n) is 11.7. The number of benzene rings is 4. The van der Waals surface area contributed by atoms with Crippen molar-refractivity contribution in [3.05, 3.63) is 131 Å². The van der Waals surface area contributed by atoms with Crippen molar-refractivity contribution in [3.8, 4) is 16.8 Å². The Hall–Kier alpha value is -5.09. The molecule has 6 aromatic rings. The Labute approximate surface area is 251 Å². The summed E-state index contributed by atoms with van der Waals surface area (Å²) in [5, 5.41) is 3.84. The van der Waals surface area contributed by atoms with Crippen molar-refractivity contribution in [3.63, 3.8) is 0 Å². The molecule has 0 radical (unpaired) electrons. The normalized spacial score (nSPS) is 16.3. The van der Waals surface area contributed by atoms with E-state index in [1.165, 1.54) is 60.8 Å². The predicted octanol–water partition coefficient (Wildman–Crippen LogP) is 9.92. The van der Waals surface area contributed by atoms with Crippen LogP contribution in [0.1, 0.15) is 36.6 Å². The first kappa shape index (κ1) is 25.6. The van der Waals surface area contributed by atoms with E-state index in [9.17, 15) is 0 Å². The van der Waals surface area contributed by atoms with Crippen LogP contribution in [0.4, 0.5) is 0 Å². The minimum atomic E-state index is 0.464. The maximum atomic E-state index is 6.10. The van der Waals surface area contributed by atoms with Gasteiger partial charge in [0, 0.05) is 38.6 Å². The Morgan fingerprint density at radius 1 is 0.907 bits per heavy atom. The monoisotopic (exact) mass is 559 g/mol. The van der Waals surface area contributed by atoms with Gasteiger partial charge in [-0.2, -0.15) is 0 Å². The molecule has 4 heteroatoms. The zero-order chi connectivity index (χ0) is 28.9. The minimum absolute atomic E-state index is 0.464. The Morgan fingerprint density at radius 2 is 1.67 bits per heavy atom. The molecule has 0 amide bonds. The lowest BCUT2D eigenvalue weighted by atomic mass is 10.0. The number of ether oxygens (including phenoxy) is 1. The molecular formula is C39H33N3O. The van der Waals surface area contributed by atoms with Crippen molar-refractivity contribution >= 4 is 45.5 Å². The number of para-hydroxylation sites is 1. The highest BCUT2D eigenvalue weighted by molar-refractivity contribution is 6.18. The highest BCUT2D eigenvalue weighted by Gasteiger charge is 2.22. The van der Waals surface area contributed by atoms with E-state index in [0.717, 1.165) is 36.3 Å². The van der Waals surface area contributed by atoms with Crippen LogP contribution in [0, 0.1) is 5.92 Å². The van der Waals surface area contributed by atoms with Gasteiger partial charge >= 0.3 is 0 Å². The third-order valence-corrected chi connectivity index (χ3v) is 8.93. The van der Waals surface area contributed by atoms with E-state index in [-0.39, 0.29) is 0 Å². The first-order chi connectivity index (χ1) is 21.2. The van der Waals surface area contributed by atoms with E-state index in [0.29, 0.717) is 12.5 Å². The number of fused-ring (bicyclic) bond motifs is 7. The van der Waals surface area contributed by atoms with Gasteiger partial charge in [0.2, 0.25) is 0 Å². The average Bonchev–Trinajstić information content (AvgIpc) is 3.60. The topological polar surface area (TPSA) is 42.3 Å². The summed E-state index contributed by atoms with van der Waals surface area (Å²) < 4.78 is 8.59.